The van der Waals surface area contributed by atoms with E-state index in [9.17, 15) is 19.8 Å². The fourth-order valence-corrected chi connectivity index (χ4v) is 5.51. The van der Waals surface area contributed by atoms with Gasteiger partial charge in [-0.25, -0.2) is 0 Å². The number of carbonyl (C=O) groups excluding carboxylic acids is 2. The predicted molar refractivity (Wildman–Crippen MR) is 107 cm³/mol. The van der Waals surface area contributed by atoms with E-state index in [0.717, 1.165) is 0 Å². The molecule has 3 aliphatic rings. The number of aromatic hydroxyl groups is 1. The van der Waals surface area contributed by atoms with Gasteiger partial charge in [0.15, 0.2) is 17.6 Å². The lowest BCUT2D eigenvalue weighted by Gasteiger charge is -2.55. The number of piperidine rings is 1. The van der Waals surface area contributed by atoms with E-state index < -0.39 is 41.7 Å². The van der Waals surface area contributed by atoms with Crippen LogP contribution < -0.4 is 10.1 Å². The minimum atomic E-state index is -0.969. The molecule has 9 nitrogen and oxygen atoms in total. The van der Waals surface area contributed by atoms with Crippen LogP contribution in [0.25, 0.3) is 0 Å². The lowest BCUT2D eigenvalue weighted by Crippen LogP contribution is -2.61. The standard InChI is InChI=1S/C22H27NO8/c1-10(24)30-14-9-22-7-8-23-17(16(22)21(29-4)20(14)31-11(2)25)18(26)12-5-6-13(28-3)19(27)15(12)22/h5-6,14,17-18,20,23,26-27H,7-9H2,1-4H3/t14-,17+,18+,20+,22-/m0/s1. The Labute approximate surface area is 179 Å². The summed E-state index contributed by atoms with van der Waals surface area (Å²) in [6, 6.07) is 2.84. The minimum Gasteiger partial charge on any atom is -0.504 e. The third-order valence-corrected chi connectivity index (χ3v) is 6.49. The molecule has 2 bridgehead atoms. The molecule has 9 heteroatoms. The largest absolute Gasteiger partial charge is 0.504 e. The Morgan fingerprint density at radius 1 is 1.13 bits per heavy atom. The van der Waals surface area contributed by atoms with Crippen LogP contribution >= 0.6 is 0 Å². The van der Waals surface area contributed by atoms with Crippen LogP contribution in [0.1, 0.15) is 43.9 Å². The van der Waals surface area contributed by atoms with Gasteiger partial charge in [-0.15, -0.1) is 0 Å². The van der Waals surface area contributed by atoms with Crippen molar-refractivity contribution in [3.05, 3.63) is 34.6 Å². The fraction of sp³-hybridized carbons (Fsp3) is 0.545. The van der Waals surface area contributed by atoms with Crippen molar-refractivity contribution in [1.29, 1.82) is 0 Å². The van der Waals surface area contributed by atoms with Crippen LogP contribution in [0.3, 0.4) is 0 Å². The van der Waals surface area contributed by atoms with Crippen LogP contribution in [0.15, 0.2) is 23.5 Å². The van der Waals surface area contributed by atoms with E-state index in [1.165, 1.54) is 28.1 Å². The van der Waals surface area contributed by atoms with E-state index in [0.29, 0.717) is 35.4 Å². The first kappa shape index (κ1) is 21.5. The number of ether oxygens (including phenoxy) is 4. The van der Waals surface area contributed by atoms with Gasteiger partial charge in [0.25, 0.3) is 0 Å². The zero-order valence-corrected chi connectivity index (χ0v) is 17.9. The van der Waals surface area contributed by atoms with Crippen molar-refractivity contribution < 1.29 is 38.7 Å². The second kappa shape index (κ2) is 7.72. The molecule has 0 amide bonds. The molecular formula is C22H27NO8. The Hall–Kier alpha value is -2.78. The maximum absolute atomic E-state index is 11.9. The highest BCUT2D eigenvalue weighted by molar-refractivity contribution is 5.69. The first-order chi connectivity index (χ1) is 14.7. The summed E-state index contributed by atoms with van der Waals surface area (Å²) in [4.78, 5) is 23.7. The third-order valence-electron chi connectivity index (χ3n) is 6.49. The molecule has 2 aliphatic carbocycles. The smallest absolute Gasteiger partial charge is 0.303 e. The van der Waals surface area contributed by atoms with Gasteiger partial charge in [0.1, 0.15) is 11.9 Å². The molecule has 1 heterocycles. The number of aliphatic hydroxyl groups excluding tert-OH is 1. The summed E-state index contributed by atoms with van der Waals surface area (Å²) in [5.41, 5.74) is 0.993. The predicted octanol–water partition coefficient (Wildman–Crippen LogP) is 1.22. The number of methoxy groups -OCH3 is 2. The maximum atomic E-state index is 11.9. The highest BCUT2D eigenvalue weighted by Crippen LogP contribution is 2.60. The maximum Gasteiger partial charge on any atom is 0.303 e. The van der Waals surface area contributed by atoms with Gasteiger partial charge in [0, 0.05) is 36.8 Å². The molecule has 0 aromatic heterocycles. The molecule has 0 radical (unpaired) electrons. The number of aliphatic hydroxyl groups is 1. The van der Waals surface area contributed by atoms with E-state index in [4.69, 9.17) is 18.9 Å². The first-order valence-corrected chi connectivity index (χ1v) is 10.2. The number of esters is 2. The highest BCUT2D eigenvalue weighted by atomic mass is 16.6. The molecule has 1 saturated heterocycles. The molecule has 4 rings (SSSR count). The van der Waals surface area contributed by atoms with E-state index in [1.807, 2.05) is 0 Å². The number of phenolic OH excluding ortho intramolecular Hbond substituents is 1. The molecule has 5 atom stereocenters. The Bertz CT molecular complexity index is 957. The van der Waals surface area contributed by atoms with Crippen molar-refractivity contribution in [3.63, 3.8) is 0 Å². The molecule has 1 aromatic carbocycles. The number of hydrogen-bond donors (Lipinski definition) is 3. The average Bonchev–Trinajstić information content (AvgIpc) is 2.71. The highest BCUT2D eigenvalue weighted by Gasteiger charge is 2.60. The van der Waals surface area contributed by atoms with Crippen LogP contribution in [-0.2, 0) is 29.2 Å². The van der Waals surface area contributed by atoms with E-state index >= 15 is 0 Å². The number of carbonyl (C=O) groups is 2. The molecule has 1 aliphatic heterocycles. The molecular weight excluding hydrogens is 406 g/mol. The second-order valence-corrected chi connectivity index (χ2v) is 8.15. The number of hydrogen-bond acceptors (Lipinski definition) is 9. The Balaban J connectivity index is 2.02. The molecule has 1 aromatic rings. The summed E-state index contributed by atoms with van der Waals surface area (Å²) in [6.07, 6.45) is -1.95. The Morgan fingerprint density at radius 3 is 2.45 bits per heavy atom. The number of nitrogens with one attached hydrogen (secondary N) is 1. The topological polar surface area (TPSA) is 124 Å². The van der Waals surface area contributed by atoms with Crippen LogP contribution in [0.4, 0.5) is 0 Å². The summed E-state index contributed by atoms with van der Waals surface area (Å²) >= 11 is 0. The number of rotatable bonds is 4. The van der Waals surface area contributed by atoms with Gasteiger partial charge >= 0.3 is 11.9 Å². The summed E-state index contributed by atoms with van der Waals surface area (Å²) in [5, 5.41) is 25.6. The molecule has 0 saturated carbocycles. The third kappa shape index (κ3) is 3.14. The zero-order valence-electron chi connectivity index (χ0n) is 17.9. The summed E-state index contributed by atoms with van der Waals surface area (Å²) in [7, 11) is 2.91. The lowest BCUT2D eigenvalue weighted by atomic mass is 9.55. The molecule has 3 N–H and O–H groups in total. The minimum absolute atomic E-state index is 0.0696. The summed E-state index contributed by atoms with van der Waals surface area (Å²) in [5.74, 6) is -0.542. The van der Waals surface area contributed by atoms with Gasteiger partial charge in [-0.2, -0.15) is 0 Å². The van der Waals surface area contributed by atoms with Crippen molar-refractivity contribution in [2.45, 2.75) is 56.5 Å². The van der Waals surface area contributed by atoms with E-state index in [-0.39, 0.29) is 17.9 Å². The lowest BCUT2D eigenvalue weighted by molar-refractivity contribution is -0.169. The summed E-state index contributed by atoms with van der Waals surface area (Å²) in [6.45, 7) is 3.12. The van der Waals surface area contributed by atoms with Crippen LogP contribution in [0.2, 0.25) is 0 Å². The quantitative estimate of drug-likeness (QED) is 0.601. The monoisotopic (exact) mass is 433 g/mol. The van der Waals surface area contributed by atoms with Gasteiger partial charge in [-0.1, -0.05) is 6.07 Å². The van der Waals surface area contributed by atoms with Gasteiger partial charge in [-0.3, -0.25) is 9.59 Å². The van der Waals surface area contributed by atoms with Gasteiger partial charge in [-0.05, 0) is 24.6 Å². The number of benzene rings is 1. The van der Waals surface area contributed by atoms with Crippen molar-refractivity contribution >= 4 is 11.9 Å². The normalized spacial score (nSPS) is 31.3. The van der Waals surface area contributed by atoms with Crippen LogP contribution in [0.5, 0.6) is 11.5 Å². The zero-order chi connectivity index (χ0) is 22.5. The van der Waals surface area contributed by atoms with Crippen molar-refractivity contribution in [3.8, 4) is 11.5 Å². The summed E-state index contributed by atoms with van der Waals surface area (Å²) < 4.78 is 22.2. The second-order valence-electron chi connectivity index (χ2n) is 8.15. The van der Waals surface area contributed by atoms with Crippen LogP contribution in [0, 0.1) is 0 Å². The molecule has 0 spiro atoms. The first-order valence-electron chi connectivity index (χ1n) is 10.2. The van der Waals surface area contributed by atoms with E-state index in [1.54, 1.807) is 12.1 Å². The van der Waals surface area contributed by atoms with Crippen molar-refractivity contribution in [1.82, 2.24) is 5.32 Å². The van der Waals surface area contributed by atoms with Gasteiger partial charge in [0.2, 0.25) is 0 Å². The average molecular weight is 433 g/mol. The number of fused-ring (bicyclic) bond motifs is 1. The number of phenols is 1. The molecule has 31 heavy (non-hydrogen) atoms. The van der Waals surface area contributed by atoms with Crippen molar-refractivity contribution in [2.75, 3.05) is 20.8 Å². The van der Waals surface area contributed by atoms with Crippen molar-refractivity contribution in [2.24, 2.45) is 0 Å². The fourth-order valence-electron chi connectivity index (χ4n) is 5.51. The van der Waals surface area contributed by atoms with Crippen LogP contribution in [-0.4, -0.2) is 61.2 Å². The molecule has 1 fully saturated rings. The Kier molecular flexibility index (Phi) is 5.35. The molecule has 168 valence electrons. The van der Waals surface area contributed by atoms with Gasteiger partial charge in [0.05, 0.1) is 26.4 Å². The Morgan fingerprint density at radius 2 is 1.84 bits per heavy atom. The van der Waals surface area contributed by atoms with Gasteiger partial charge < -0.3 is 34.5 Å². The van der Waals surface area contributed by atoms with E-state index in [2.05, 4.69) is 5.32 Å². The SMILES string of the molecule is COC1=C2[C@H]3NCC[C@]2(C[C@H](OC(C)=O)[C@H]1OC(C)=O)c1c(ccc(OC)c1O)[C@H]3O. The molecule has 0 unspecified atom stereocenters.